The minimum absolute atomic E-state index is 0.0858. The van der Waals surface area contributed by atoms with Gasteiger partial charge in [-0.25, -0.2) is 0 Å². The van der Waals surface area contributed by atoms with E-state index in [2.05, 4.69) is 6.07 Å². The van der Waals surface area contributed by atoms with Crippen LogP contribution in [-0.4, -0.2) is 36.6 Å². The average Bonchev–Trinajstić information content (AvgIpc) is 2.39. The Labute approximate surface area is 96.2 Å². The standard InChI is InChI=1S/C12H18N2O2/c13-9-11-3-1-2-6-14(11)12(15)10-4-7-16-8-5-10/h10-11H,1-8H2. The van der Waals surface area contributed by atoms with E-state index < -0.39 is 0 Å². The molecule has 2 heterocycles. The zero-order chi connectivity index (χ0) is 11.4. The van der Waals surface area contributed by atoms with Gasteiger partial charge in [0, 0.05) is 25.7 Å². The van der Waals surface area contributed by atoms with E-state index in [4.69, 9.17) is 10.00 Å². The van der Waals surface area contributed by atoms with E-state index in [1.54, 1.807) is 4.90 Å². The van der Waals surface area contributed by atoms with Crippen molar-refractivity contribution in [1.82, 2.24) is 4.90 Å². The maximum Gasteiger partial charge on any atom is 0.226 e. The normalized spacial score (nSPS) is 27.4. The van der Waals surface area contributed by atoms with Gasteiger partial charge in [-0.05, 0) is 32.1 Å². The van der Waals surface area contributed by atoms with Crippen LogP contribution in [0.15, 0.2) is 0 Å². The number of nitriles is 1. The van der Waals surface area contributed by atoms with E-state index in [-0.39, 0.29) is 17.9 Å². The Hall–Kier alpha value is -1.08. The van der Waals surface area contributed by atoms with Crippen molar-refractivity contribution in [3.05, 3.63) is 0 Å². The quantitative estimate of drug-likeness (QED) is 0.672. The molecule has 2 aliphatic rings. The molecule has 1 amide bonds. The van der Waals surface area contributed by atoms with Crippen molar-refractivity contribution in [2.24, 2.45) is 5.92 Å². The minimum Gasteiger partial charge on any atom is -0.381 e. The Morgan fingerprint density at radius 3 is 2.69 bits per heavy atom. The van der Waals surface area contributed by atoms with Crippen LogP contribution < -0.4 is 0 Å². The Bertz CT molecular complexity index is 292. The van der Waals surface area contributed by atoms with Crippen LogP contribution in [0.1, 0.15) is 32.1 Å². The van der Waals surface area contributed by atoms with Gasteiger partial charge in [-0.1, -0.05) is 0 Å². The van der Waals surface area contributed by atoms with Gasteiger partial charge < -0.3 is 9.64 Å². The summed E-state index contributed by atoms with van der Waals surface area (Å²) in [5, 5.41) is 9.04. The fourth-order valence-corrected chi connectivity index (χ4v) is 2.51. The van der Waals surface area contributed by atoms with Gasteiger partial charge in [0.25, 0.3) is 0 Å². The van der Waals surface area contributed by atoms with Crippen molar-refractivity contribution in [1.29, 1.82) is 5.26 Å². The summed E-state index contributed by atoms with van der Waals surface area (Å²) >= 11 is 0. The van der Waals surface area contributed by atoms with E-state index in [1.165, 1.54) is 0 Å². The molecule has 0 aliphatic carbocycles. The summed E-state index contributed by atoms with van der Waals surface area (Å²) < 4.78 is 5.25. The summed E-state index contributed by atoms with van der Waals surface area (Å²) in [6, 6.07) is 2.06. The summed E-state index contributed by atoms with van der Waals surface area (Å²) in [7, 11) is 0. The third-order valence-electron chi connectivity index (χ3n) is 3.51. The summed E-state index contributed by atoms with van der Waals surface area (Å²) in [6.07, 6.45) is 4.56. The van der Waals surface area contributed by atoms with Crippen LogP contribution in [0.5, 0.6) is 0 Å². The summed E-state index contributed by atoms with van der Waals surface area (Å²) in [4.78, 5) is 14.0. The SMILES string of the molecule is N#CC1CCCCN1C(=O)C1CCOCC1. The highest BCUT2D eigenvalue weighted by Crippen LogP contribution is 2.23. The van der Waals surface area contributed by atoms with Crippen molar-refractivity contribution < 1.29 is 9.53 Å². The number of ether oxygens (including phenoxy) is 1. The van der Waals surface area contributed by atoms with Crippen LogP contribution in [0.3, 0.4) is 0 Å². The van der Waals surface area contributed by atoms with Crippen LogP contribution >= 0.6 is 0 Å². The molecule has 88 valence electrons. The number of likely N-dealkylation sites (tertiary alicyclic amines) is 1. The second-order valence-electron chi connectivity index (χ2n) is 4.56. The lowest BCUT2D eigenvalue weighted by Gasteiger charge is -2.35. The van der Waals surface area contributed by atoms with Crippen molar-refractivity contribution in [3.8, 4) is 6.07 Å². The molecule has 1 atom stereocenters. The Morgan fingerprint density at radius 1 is 1.25 bits per heavy atom. The fourth-order valence-electron chi connectivity index (χ4n) is 2.51. The Kier molecular flexibility index (Phi) is 3.79. The number of amides is 1. The first-order valence-corrected chi connectivity index (χ1v) is 6.11. The zero-order valence-electron chi connectivity index (χ0n) is 9.52. The third-order valence-corrected chi connectivity index (χ3v) is 3.51. The molecular formula is C12H18N2O2. The fraction of sp³-hybridized carbons (Fsp3) is 0.833. The molecule has 2 rings (SSSR count). The van der Waals surface area contributed by atoms with Gasteiger partial charge in [-0.2, -0.15) is 5.26 Å². The molecule has 0 radical (unpaired) electrons. The maximum absolute atomic E-state index is 12.2. The number of carbonyl (C=O) groups is 1. The molecule has 0 saturated carbocycles. The molecule has 0 bridgehead atoms. The molecule has 2 aliphatic heterocycles. The van der Waals surface area contributed by atoms with Gasteiger partial charge in [0.15, 0.2) is 0 Å². The smallest absolute Gasteiger partial charge is 0.226 e. The van der Waals surface area contributed by atoms with Crippen molar-refractivity contribution in [3.63, 3.8) is 0 Å². The Morgan fingerprint density at radius 2 is 2.00 bits per heavy atom. The molecule has 4 nitrogen and oxygen atoms in total. The van der Waals surface area contributed by atoms with E-state index in [9.17, 15) is 4.79 Å². The Balaban J connectivity index is 1.98. The summed E-state index contributed by atoms with van der Waals surface area (Å²) in [5.41, 5.74) is 0. The first-order valence-electron chi connectivity index (χ1n) is 6.11. The highest BCUT2D eigenvalue weighted by Gasteiger charge is 2.32. The summed E-state index contributed by atoms with van der Waals surface area (Å²) in [5.74, 6) is 0.261. The molecule has 4 heteroatoms. The molecule has 2 fully saturated rings. The number of carbonyl (C=O) groups excluding carboxylic acids is 1. The molecule has 16 heavy (non-hydrogen) atoms. The van der Waals surface area contributed by atoms with Gasteiger partial charge in [0.05, 0.1) is 6.07 Å². The lowest BCUT2D eigenvalue weighted by atomic mass is 9.95. The molecule has 0 aromatic heterocycles. The minimum atomic E-state index is -0.191. The second-order valence-corrected chi connectivity index (χ2v) is 4.56. The largest absolute Gasteiger partial charge is 0.381 e. The van der Waals surface area contributed by atoms with Crippen molar-refractivity contribution in [2.45, 2.75) is 38.1 Å². The first kappa shape index (κ1) is 11.4. The van der Waals surface area contributed by atoms with Crippen molar-refractivity contribution >= 4 is 5.91 Å². The van der Waals surface area contributed by atoms with E-state index in [0.29, 0.717) is 13.2 Å². The number of hydrogen-bond acceptors (Lipinski definition) is 3. The number of nitrogens with zero attached hydrogens (tertiary/aromatic N) is 2. The number of hydrogen-bond donors (Lipinski definition) is 0. The van der Waals surface area contributed by atoms with E-state index >= 15 is 0 Å². The maximum atomic E-state index is 12.2. The molecule has 0 spiro atoms. The molecule has 0 aromatic rings. The predicted octanol–water partition coefficient (Wildman–Crippen LogP) is 1.32. The zero-order valence-corrected chi connectivity index (χ0v) is 9.52. The van der Waals surface area contributed by atoms with Gasteiger partial charge in [-0.15, -0.1) is 0 Å². The van der Waals surface area contributed by atoms with Crippen LogP contribution in [0, 0.1) is 17.2 Å². The lowest BCUT2D eigenvalue weighted by molar-refractivity contribution is -0.141. The van der Waals surface area contributed by atoms with Gasteiger partial charge in [-0.3, -0.25) is 4.79 Å². The van der Waals surface area contributed by atoms with E-state index in [1.807, 2.05) is 0 Å². The average molecular weight is 222 g/mol. The summed E-state index contributed by atoms with van der Waals surface area (Å²) in [6.45, 7) is 2.12. The van der Waals surface area contributed by atoms with E-state index in [0.717, 1.165) is 38.6 Å². The number of rotatable bonds is 1. The van der Waals surface area contributed by atoms with Crippen LogP contribution in [0.2, 0.25) is 0 Å². The number of piperidine rings is 1. The van der Waals surface area contributed by atoms with Gasteiger partial charge in [0.1, 0.15) is 6.04 Å². The first-order chi connectivity index (χ1) is 7.83. The van der Waals surface area contributed by atoms with Crippen LogP contribution in [0.25, 0.3) is 0 Å². The molecule has 2 saturated heterocycles. The highest BCUT2D eigenvalue weighted by molar-refractivity contribution is 5.79. The molecular weight excluding hydrogens is 204 g/mol. The predicted molar refractivity (Wildman–Crippen MR) is 58.5 cm³/mol. The topological polar surface area (TPSA) is 53.3 Å². The van der Waals surface area contributed by atoms with Crippen LogP contribution in [0.4, 0.5) is 0 Å². The second kappa shape index (κ2) is 5.31. The highest BCUT2D eigenvalue weighted by atomic mass is 16.5. The molecule has 0 aromatic carbocycles. The van der Waals surface area contributed by atoms with Gasteiger partial charge >= 0.3 is 0 Å². The lowest BCUT2D eigenvalue weighted by Crippen LogP contribution is -2.46. The molecule has 1 unspecified atom stereocenters. The third kappa shape index (κ3) is 2.35. The molecule has 0 N–H and O–H groups in total. The van der Waals surface area contributed by atoms with Crippen LogP contribution in [-0.2, 0) is 9.53 Å². The monoisotopic (exact) mass is 222 g/mol. The van der Waals surface area contributed by atoms with Gasteiger partial charge in [0.2, 0.25) is 5.91 Å². The van der Waals surface area contributed by atoms with Crippen molar-refractivity contribution in [2.75, 3.05) is 19.8 Å².